The van der Waals surface area contributed by atoms with E-state index in [4.69, 9.17) is 5.73 Å². The van der Waals surface area contributed by atoms with Crippen molar-refractivity contribution in [3.05, 3.63) is 35.6 Å². The second-order valence-electron chi connectivity index (χ2n) is 7.48. The van der Waals surface area contributed by atoms with Crippen LogP contribution in [0.1, 0.15) is 50.0 Å². The van der Waals surface area contributed by atoms with Crippen molar-refractivity contribution in [1.29, 1.82) is 0 Å². The summed E-state index contributed by atoms with van der Waals surface area (Å²) >= 11 is 0. The van der Waals surface area contributed by atoms with Crippen LogP contribution < -0.4 is 5.73 Å². The lowest BCUT2D eigenvalue weighted by molar-refractivity contribution is -0.133. The summed E-state index contributed by atoms with van der Waals surface area (Å²) < 4.78 is 39.5. The molecule has 2 aliphatic rings. The minimum absolute atomic E-state index is 0.0941. The van der Waals surface area contributed by atoms with Crippen molar-refractivity contribution < 1.29 is 18.0 Å². The maximum absolute atomic E-state index is 13.2. The molecule has 2 fully saturated rings. The number of amides is 1. The highest BCUT2D eigenvalue weighted by molar-refractivity contribution is 5.82. The fraction of sp³-hybridized carbons (Fsp3) is 0.632. The molecule has 1 heterocycles. The van der Waals surface area contributed by atoms with Gasteiger partial charge in [0.15, 0.2) is 0 Å². The summed E-state index contributed by atoms with van der Waals surface area (Å²) in [5.41, 5.74) is 7.15. The Morgan fingerprint density at radius 3 is 2.40 bits per heavy atom. The quantitative estimate of drug-likeness (QED) is 0.896. The van der Waals surface area contributed by atoms with Crippen molar-refractivity contribution >= 4 is 5.91 Å². The van der Waals surface area contributed by atoms with Crippen molar-refractivity contribution in [2.75, 3.05) is 13.1 Å². The van der Waals surface area contributed by atoms with Gasteiger partial charge in [-0.05, 0) is 61.6 Å². The summed E-state index contributed by atoms with van der Waals surface area (Å²) in [5.74, 6) is -2.59. The lowest BCUT2D eigenvalue weighted by Gasteiger charge is -2.31. The summed E-state index contributed by atoms with van der Waals surface area (Å²) in [4.78, 5) is 13.5. The maximum Gasteiger partial charge on any atom is 0.267 e. The Bertz CT molecular complexity index is 597. The lowest BCUT2D eigenvalue weighted by atomic mass is 9.76. The largest absolute Gasteiger partial charge is 0.335 e. The van der Waals surface area contributed by atoms with Gasteiger partial charge in [-0.15, -0.1) is 0 Å². The predicted molar refractivity (Wildman–Crippen MR) is 89.8 cm³/mol. The Morgan fingerprint density at radius 2 is 1.84 bits per heavy atom. The number of likely N-dealkylation sites (tertiary alicyclic amines) is 1. The van der Waals surface area contributed by atoms with Crippen molar-refractivity contribution in [2.24, 2.45) is 11.7 Å². The topological polar surface area (TPSA) is 46.3 Å². The molecule has 1 amide bonds. The lowest BCUT2D eigenvalue weighted by Crippen LogP contribution is -2.44. The molecular weight excluding hydrogens is 329 g/mol. The van der Waals surface area contributed by atoms with E-state index in [0.29, 0.717) is 18.3 Å². The molecule has 0 aromatic heterocycles. The van der Waals surface area contributed by atoms with Crippen LogP contribution in [0, 0.1) is 11.7 Å². The molecule has 1 atom stereocenters. The normalized spacial score (nSPS) is 27.3. The number of carbonyl (C=O) groups is 1. The summed E-state index contributed by atoms with van der Waals surface area (Å²) in [6, 6.07) is 5.96. The van der Waals surface area contributed by atoms with Gasteiger partial charge in [0.25, 0.3) is 5.92 Å². The third-order valence-corrected chi connectivity index (χ3v) is 5.57. The van der Waals surface area contributed by atoms with E-state index in [1.54, 1.807) is 0 Å². The van der Waals surface area contributed by atoms with Crippen LogP contribution in [0.25, 0.3) is 0 Å². The maximum atomic E-state index is 13.2. The first-order valence-electron chi connectivity index (χ1n) is 9.02. The Balaban J connectivity index is 1.47. The summed E-state index contributed by atoms with van der Waals surface area (Å²) in [5, 5.41) is 0. The minimum atomic E-state index is -2.78. The summed E-state index contributed by atoms with van der Waals surface area (Å²) in [6.45, 7) is -0.409. The molecular formula is C19H25F3N2O. The van der Waals surface area contributed by atoms with Gasteiger partial charge in [-0.1, -0.05) is 12.1 Å². The molecule has 3 nitrogen and oxygen atoms in total. The second-order valence-corrected chi connectivity index (χ2v) is 7.48. The van der Waals surface area contributed by atoms with Crippen molar-refractivity contribution in [2.45, 2.75) is 56.4 Å². The van der Waals surface area contributed by atoms with Crippen LogP contribution in [-0.4, -0.2) is 35.9 Å². The molecule has 0 spiro atoms. The van der Waals surface area contributed by atoms with Gasteiger partial charge in [0, 0.05) is 13.0 Å². The minimum Gasteiger partial charge on any atom is -0.335 e. The first kappa shape index (κ1) is 18.2. The fourth-order valence-corrected chi connectivity index (χ4v) is 4.08. The average Bonchev–Trinajstić information content (AvgIpc) is 2.95. The second kappa shape index (κ2) is 7.36. The number of nitrogens with zero attached hydrogens (tertiary/aromatic N) is 1. The van der Waals surface area contributed by atoms with Crippen molar-refractivity contribution in [1.82, 2.24) is 4.90 Å². The van der Waals surface area contributed by atoms with E-state index in [2.05, 4.69) is 0 Å². The first-order valence-corrected chi connectivity index (χ1v) is 9.02. The van der Waals surface area contributed by atoms with E-state index in [0.717, 1.165) is 31.2 Å². The third-order valence-electron chi connectivity index (χ3n) is 5.57. The molecule has 25 heavy (non-hydrogen) atoms. The van der Waals surface area contributed by atoms with Gasteiger partial charge in [-0.2, -0.15) is 0 Å². The molecule has 1 aliphatic heterocycles. The highest BCUT2D eigenvalue weighted by Gasteiger charge is 2.41. The van der Waals surface area contributed by atoms with Crippen molar-refractivity contribution in [3.63, 3.8) is 0 Å². The molecule has 1 aliphatic carbocycles. The molecule has 1 aromatic rings. The van der Waals surface area contributed by atoms with Crippen LogP contribution in [0.2, 0.25) is 0 Å². The molecule has 1 saturated heterocycles. The van der Waals surface area contributed by atoms with Crippen LogP contribution in [0.5, 0.6) is 0 Å². The number of nitrogens with two attached hydrogens (primary N) is 1. The molecule has 2 N–H and O–H groups in total. The number of alkyl halides is 2. The van der Waals surface area contributed by atoms with Gasteiger partial charge >= 0.3 is 0 Å². The summed E-state index contributed by atoms with van der Waals surface area (Å²) in [7, 11) is 0. The number of hydrogen-bond donors (Lipinski definition) is 1. The molecule has 1 saturated carbocycles. The van der Waals surface area contributed by atoms with E-state index in [-0.39, 0.29) is 24.7 Å². The van der Waals surface area contributed by atoms with Gasteiger partial charge in [0.1, 0.15) is 5.82 Å². The Morgan fingerprint density at radius 1 is 1.20 bits per heavy atom. The van der Waals surface area contributed by atoms with E-state index >= 15 is 0 Å². The first-order chi connectivity index (χ1) is 11.8. The van der Waals surface area contributed by atoms with Gasteiger partial charge in [-0.3, -0.25) is 4.79 Å². The number of halogens is 3. The molecule has 0 radical (unpaired) electrons. The van der Waals surface area contributed by atoms with Gasteiger partial charge < -0.3 is 10.6 Å². The monoisotopic (exact) mass is 354 g/mol. The van der Waals surface area contributed by atoms with Gasteiger partial charge in [0.2, 0.25) is 5.91 Å². The third kappa shape index (κ3) is 4.54. The zero-order valence-electron chi connectivity index (χ0n) is 14.3. The average molecular weight is 354 g/mol. The van der Waals surface area contributed by atoms with Crippen LogP contribution in [0.15, 0.2) is 24.3 Å². The number of carbonyl (C=O) groups excluding carboxylic acids is 1. The Labute approximate surface area is 146 Å². The predicted octanol–water partition coefficient (Wildman–Crippen LogP) is 3.68. The molecule has 0 bridgehead atoms. The fourth-order valence-electron chi connectivity index (χ4n) is 4.08. The molecule has 1 aromatic carbocycles. The van der Waals surface area contributed by atoms with E-state index < -0.39 is 18.5 Å². The van der Waals surface area contributed by atoms with Gasteiger partial charge in [-0.25, -0.2) is 13.2 Å². The zero-order chi connectivity index (χ0) is 18.0. The zero-order valence-corrected chi connectivity index (χ0v) is 14.3. The highest BCUT2D eigenvalue weighted by Crippen LogP contribution is 2.37. The van der Waals surface area contributed by atoms with Crippen LogP contribution >= 0.6 is 0 Å². The SMILES string of the molecule is N[C@@H](CC1CCC(c2ccc(F)cc2)CC1)C(=O)N1CCC(F)(F)C1. The molecule has 3 rings (SSSR count). The molecule has 6 heteroatoms. The molecule has 138 valence electrons. The highest BCUT2D eigenvalue weighted by atomic mass is 19.3. The van der Waals surface area contributed by atoms with Crippen LogP contribution in [0.4, 0.5) is 13.2 Å². The van der Waals surface area contributed by atoms with Gasteiger partial charge in [0.05, 0.1) is 12.6 Å². The van der Waals surface area contributed by atoms with E-state index in [1.165, 1.54) is 17.0 Å². The Hall–Kier alpha value is -1.56. The number of rotatable bonds is 4. The van der Waals surface area contributed by atoms with E-state index in [9.17, 15) is 18.0 Å². The van der Waals surface area contributed by atoms with Crippen LogP contribution in [0.3, 0.4) is 0 Å². The summed E-state index contributed by atoms with van der Waals surface area (Å²) in [6.07, 6.45) is 4.17. The van der Waals surface area contributed by atoms with Crippen molar-refractivity contribution in [3.8, 4) is 0 Å². The standard InChI is InChI=1S/C19H25F3N2O/c20-16-7-5-15(6-8-16)14-3-1-13(2-4-14)11-17(23)18(25)24-10-9-19(21,22)12-24/h5-8,13-14,17H,1-4,9-12,23H2/t13?,14?,17-/m0/s1. The van der Waals surface area contributed by atoms with Crippen LogP contribution in [-0.2, 0) is 4.79 Å². The Kier molecular flexibility index (Phi) is 5.37. The number of benzene rings is 1. The molecule has 0 unspecified atom stereocenters. The number of hydrogen-bond acceptors (Lipinski definition) is 2. The smallest absolute Gasteiger partial charge is 0.267 e. The van der Waals surface area contributed by atoms with E-state index in [1.807, 2.05) is 12.1 Å².